The molecular weight excluding hydrogens is 326 g/mol. The van der Waals surface area contributed by atoms with E-state index in [4.69, 9.17) is 4.74 Å². The lowest BCUT2D eigenvalue weighted by Gasteiger charge is -2.28. The summed E-state index contributed by atoms with van der Waals surface area (Å²) in [6, 6.07) is 16.2. The molecule has 0 fully saturated rings. The van der Waals surface area contributed by atoms with Crippen molar-refractivity contribution in [2.75, 3.05) is 24.6 Å². The Labute approximate surface area is 155 Å². The highest BCUT2D eigenvalue weighted by Crippen LogP contribution is 2.32. The van der Waals surface area contributed by atoms with E-state index in [9.17, 15) is 9.90 Å². The molecular formula is C22H25NO3. The van der Waals surface area contributed by atoms with Crippen molar-refractivity contribution in [3.8, 4) is 11.8 Å². The van der Waals surface area contributed by atoms with Crippen LogP contribution in [-0.2, 0) is 15.1 Å². The number of anilines is 1. The molecule has 1 N–H and O–H groups in total. The first-order valence-electron chi connectivity index (χ1n) is 8.78. The Morgan fingerprint density at radius 1 is 1.04 bits per heavy atom. The van der Waals surface area contributed by atoms with Gasteiger partial charge in [0.25, 0.3) is 0 Å². The largest absolute Gasteiger partial charge is 0.450 e. The maximum absolute atomic E-state index is 12.7. The van der Waals surface area contributed by atoms with Gasteiger partial charge in [-0.15, -0.1) is 5.92 Å². The van der Waals surface area contributed by atoms with Gasteiger partial charge in [0.05, 0.1) is 0 Å². The smallest absolute Gasteiger partial charge is 0.348 e. The summed E-state index contributed by atoms with van der Waals surface area (Å²) >= 11 is 0. The van der Waals surface area contributed by atoms with Crippen molar-refractivity contribution in [3.63, 3.8) is 0 Å². The molecule has 0 heterocycles. The maximum Gasteiger partial charge on any atom is 0.348 e. The molecule has 136 valence electrons. The SMILES string of the molecule is CC#CCOC(=O)C(O)(c1ccccc1)c1ccc(N(CC)CC)cc1. The number of ether oxygens (including phenoxy) is 1. The molecule has 4 nitrogen and oxygen atoms in total. The van der Waals surface area contributed by atoms with E-state index in [1.54, 1.807) is 43.3 Å². The molecule has 0 aliphatic rings. The van der Waals surface area contributed by atoms with Crippen LogP contribution < -0.4 is 4.90 Å². The second kappa shape index (κ2) is 9.07. The molecule has 0 bridgehead atoms. The van der Waals surface area contributed by atoms with E-state index in [2.05, 4.69) is 30.6 Å². The lowest BCUT2D eigenvalue weighted by atomic mass is 9.86. The fourth-order valence-electron chi connectivity index (χ4n) is 2.86. The first-order valence-corrected chi connectivity index (χ1v) is 8.78. The summed E-state index contributed by atoms with van der Waals surface area (Å²) in [7, 11) is 0. The maximum atomic E-state index is 12.7. The highest BCUT2D eigenvalue weighted by Gasteiger charge is 2.41. The number of esters is 1. The van der Waals surface area contributed by atoms with Gasteiger partial charge in [-0.05, 0) is 44.0 Å². The van der Waals surface area contributed by atoms with Gasteiger partial charge in [-0.3, -0.25) is 0 Å². The van der Waals surface area contributed by atoms with Gasteiger partial charge >= 0.3 is 5.97 Å². The van der Waals surface area contributed by atoms with Gasteiger partial charge in [-0.2, -0.15) is 0 Å². The molecule has 2 aromatic carbocycles. The first kappa shape index (κ1) is 19.6. The van der Waals surface area contributed by atoms with E-state index in [1.807, 2.05) is 18.2 Å². The van der Waals surface area contributed by atoms with Crippen molar-refractivity contribution in [2.24, 2.45) is 0 Å². The van der Waals surface area contributed by atoms with E-state index in [0.717, 1.165) is 18.8 Å². The zero-order valence-corrected chi connectivity index (χ0v) is 15.5. The van der Waals surface area contributed by atoms with Crippen LogP contribution in [0.15, 0.2) is 54.6 Å². The molecule has 4 heteroatoms. The van der Waals surface area contributed by atoms with Crippen LogP contribution in [0.5, 0.6) is 0 Å². The Morgan fingerprint density at radius 2 is 1.62 bits per heavy atom. The monoisotopic (exact) mass is 351 g/mol. The van der Waals surface area contributed by atoms with Gasteiger partial charge in [-0.1, -0.05) is 48.4 Å². The number of carbonyl (C=O) groups is 1. The van der Waals surface area contributed by atoms with Crippen molar-refractivity contribution >= 4 is 11.7 Å². The third kappa shape index (κ3) is 4.07. The van der Waals surface area contributed by atoms with Crippen LogP contribution >= 0.6 is 0 Å². The molecule has 0 aliphatic carbocycles. The van der Waals surface area contributed by atoms with Crippen LogP contribution in [-0.4, -0.2) is 30.8 Å². The molecule has 2 rings (SSSR count). The van der Waals surface area contributed by atoms with Crippen LogP contribution in [0.4, 0.5) is 5.69 Å². The predicted octanol–water partition coefficient (Wildman–Crippen LogP) is 3.34. The number of hydrogen-bond donors (Lipinski definition) is 1. The lowest BCUT2D eigenvalue weighted by Crippen LogP contribution is -2.38. The molecule has 1 atom stereocenters. The third-order valence-corrected chi connectivity index (χ3v) is 4.35. The van der Waals surface area contributed by atoms with Gasteiger partial charge < -0.3 is 14.7 Å². The lowest BCUT2D eigenvalue weighted by molar-refractivity contribution is -0.160. The number of hydrogen-bond acceptors (Lipinski definition) is 4. The summed E-state index contributed by atoms with van der Waals surface area (Å²) < 4.78 is 5.20. The second-order valence-electron chi connectivity index (χ2n) is 5.80. The quantitative estimate of drug-likeness (QED) is 0.614. The summed E-state index contributed by atoms with van der Waals surface area (Å²) in [5.74, 6) is 4.62. The topological polar surface area (TPSA) is 49.8 Å². The molecule has 0 aromatic heterocycles. The number of aliphatic hydroxyl groups is 1. The highest BCUT2D eigenvalue weighted by atomic mass is 16.5. The summed E-state index contributed by atoms with van der Waals surface area (Å²) in [5.41, 5.74) is 0.0943. The van der Waals surface area contributed by atoms with Crippen molar-refractivity contribution in [3.05, 3.63) is 65.7 Å². The molecule has 0 amide bonds. The van der Waals surface area contributed by atoms with Crippen molar-refractivity contribution < 1.29 is 14.6 Å². The predicted molar refractivity (Wildman–Crippen MR) is 104 cm³/mol. The number of carbonyl (C=O) groups excluding carboxylic acids is 1. The number of benzene rings is 2. The standard InChI is InChI=1S/C22H25NO3/c1-4-7-17-26-21(24)22(25,18-11-9-8-10-12-18)19-13-15-20(16-14-19)23(5-2)6-3/h8-16,25H,5-6,17H2,1-3H3. The van der Waals surface area contributed by atoms with E-state index >= 15 is 0 Å². The van der Waals surface area contributed by atoms with E-state index in [-0.39, 0.29) is 6.61 Å². The van der Waals surface area contributed by atoms with Crippen LogP contribution in [0.1, 0.15) is 31.9 Å². The fourth-order valence-corrected chi connectivity index (χ4v) is 2.86. The van der Waals surface area contributed by atoms with Gasteiger partial charge in [0, 0.05) is 18.8 Å². The molecule has 0 saturated heterocycles. The minimum Gasteiger partial charge on any atom is -0.450 e. The molecule has 1 unspecified atom stereocenters. The van der Waals surface area contributed by atoms with E-state index in [0.29, 0.717) is 11.1 Å². The van der Waals surface area contributed by atoms with Crippen molar-refractivity contribution in [1.29, 1.82) is 0 Å². The first-order chi connectivity index (χ1) is 12.6. The summed E-state index contributed by atoms with van der Waals surface area (Å²) in [5, 5.41) is 11.3. The van der Waals surface area contributed by atoms with Crippen molar-refractivity contribution in [1.82, 2.24) is 0 Å². The third-order valence-electron chi connectivity index (χ3n) is 4.35. The Bertz CT molecular complexity index is 771. The highest BCUT2D eigenvalue weighted by molar-refractivity contribution is 5.85. The molecule has 0 radical (unpaired) electrons. The zero-order chi connectivity index (χ0) is 19.0. The zero-order valence-electron chi connectivity index (χ0n) is 15.5. The van der Waals surface area contributed by atoms with Gasteiger partial charge in [0.2, 0.25) is 5.60 Å². The van der Waals surface area contributed by atoms with Crippen molar-refractivity contribution in [2.45, 2.75) is 26.4 Å². The van der Waals surface area contributed by atoms with Crippen LogP contribution in [0.3, 0.4) is 0 Å². The van der Waals surface area contributed by atoms with Crippen LogP contribution in [0.25, 0.3) is 0 Å². The Morgan fingerprint density at radius 3 is 2.15 bits per heavy atom. The Balaban J connectivity index is 2.43. The Hall–Kier alpha value is -2.77. The normalized spacial score (nSPS) is 12.5. The number of rotatable bonds is 7. The van der Waals surface area contributed by atoms with Gasteiger partial charge in [-0.25, -0.2) is 4.79 Å². The van der Waals surface area contributed by atoms with Gasteiger partial charge in [0.1, 0.15) is 0 Å². The van der Waals surface area contributed by atoms with Crippen LogP contribution in [0, 0.1) is 11.8 Å². The molecule has 26 heavy (non-hydrogen) atoms. The average Bonchev–Trinajstić information content (AvgIpc) is 2.69. The molecule has 2 aromatic rings. The second-order valence-corrected chi connectivity index (χ2v) is 5.80. The average molecular weight is 351 g/mol. The molecule has 0 aliphatic heterocycles. The minimum absolute atomic E-state index is 0.0536. The van der Waals surface area contributed by atoms with E-state index < -0.39 is 11.6 Å². The molecule has 0 spiro atoms. The number of nitrogens with zero attached hydrogens (tertiary/aromatic N) is 1. The van der Waals surface area contributed by atoms with Crippen LogP contribution in [0.2, 0.25) is 0 Å². The summed E-state index contributed by atoms with van der Waals surface area (Å²) in [4.78, 5) is 14.9. The molecule has 0 saturated carbocycles. The minimum atomic E-state index is -1.88. The van der Waals surface area contributed by atoms with E-state index in [1.165, 1.54) is 0 Å². The summed E-state index contributed by atoms with van der Waals surface area (Å²) in [6.07, 6.45) is 0. The summed E-state index contributed by atoms with van der Waals surface area (Å²) in [6.45, 7) is 7.56. The fraction of sp³-hybridized carbons (Fsp3) is 0.318. The van der Waals surface area contributed by atoms with Gasteiger partial charge in [0.15, 0.2) is 6.61 Å². The Kier molecular flexibility index (Phi) is 6.82.